The monoisotopic (exact) mass is 403 g/mol. The highest BCUT2D eigenvalue weighted by atomic mass is 35.5. The zero-order valence-corrected chi connectivity index (χ0v) is 16.5. The van der Waals surface area contributed by atoms with E-state index in [2.05, 4.69) is 15.3 Å². The number of halogens is 1. The molecule has 2 aromatic heterocycles. The first-order valence-electron chi connectivity index (χ1n) is 9.06. The fourth-order valence-corrected chi connectivity index (χ4v) is 3.24. The van der Waals surface area contributed by atoms with Crippen LogP contribution in [0.25, 0.3) is 22.2 Å². The molecule has 29 heavy (non-hydrogen) atoms. The minimum Gasteiger partial charge on any atom is -0.497 e. The third-order valence-electron chi connectivity index (χ3n) is 4.58. The minimum atomic E-state index is -0.194. The zero-order chi connectivity index (χ0) is 20.2. The molecule has 4 rings (SSSR count). The Labute approximate surface area is 173 Å². The number of benzene rings is 2. The van der Waals surface area contributed by atoms with Gasteiger partial charge in [0.25, 0.3) is 5.91 Å². The van der Waals surface area contributed by atoms with Gasteiger partial charge in [-0.3, -0.25) is 9.78 Å². The summed E-state index contributed by atoms with van der Waals surface area (Å²) in [5.74, 6) is 0.580. The van der Waals surface area contributed by atoms with Gasteiger partial charge in [-0.05, 0) is 54.1 Å². The van der Waals surface area contributed by atoms with E-state index in [1.807, 2.05) is 42.5 Å². The Bertz CT molecular complexity index is 1160. The van der Waals surface area contributed by atoms with Gasteiger partial charge in [0.2, 0.25) is 0 Å². The Hall–Kier alpha value is -3.44. The number of aromatic nitrogens is 2. The molecule has 0 aliphatic rings. The third-order valence-corrected chi connectivity index (χ3v) is 4.82. The van der Waals surface area contributed by atoms with Crippen molar-refractivity contribution in [1.82, 2.24) is 15.3 Å². The molecule has 0 spiro atoms. The predicted octanol–water partition coefficient (Wildman–Crippen LogP) is 4.89. The number of methoxy groups -OCH3 is 1. The first kappa shape index (κ1) is 18.9. The molecule has 0 saturated heterocycles. The number of hydrogen-bond acceptors (Lipinski definition) is 4. The van der Waals surface area contributed by atoms with Crippen molar-refractivity contribution in [3.8, 4) is 17.0 Å². The summed E-state index contributed by atoms with van der Waals surface area (Å²) in [6.45, 7) is 0.398. The lowest BCUT2D eigenvalue weighted by Crippen LogP contribution is -2.23. The summed E-state index contributed by atoms with van der Waals surface area (Å²) in [4.78, 5) is 21.9. The average Bonchev–Trinajstić information content (AvgIpc) is 2.77. The molecule has 0 radical (unpaired) electrons. The predicted molar refractivity (Wildman–Crippen MR) is 114 cm³/mol. The highest BCUT2D eigenvalue weighted by Gasteiger charge is 2.14. The van der Waals surface area contributed by atoms with Crippen LogP contribution in [0.5, 0.6) is 5.75 Å². The first-order chi connectivity index (χ1) is 14.1. The summed E-state index contributed by atoms with van der Waals surface area (Å²) in [6, 6.07) is 18.4. The normalized spacial score (nSPS) is 10.7. The highest BCUT2D eigenvalue weighted by Crippen LogP contribution is 2.27. The van der Waals surface area contributed by atoms with E-state index in [9.17, 15) is 4.79 Å². The summed E-state index contributed by atoms with van der Waals surface area (Å²) in [7, 11) is 1.62. The van der Waals surface area contributed by atoms with Gasteiger partial charge in [-0.15, -0.1) is 0 Å². The first-order valence-corrected chi connectivity index (χ1v) is 9.43. The van der Waals surface area contributed by atoms with E-state index in [1.54, 1.807) is 37.7 Å². The molecule has 5 nitrogen and oxygen atoms in total. The van der Waals surface area contributed by atoms with Crippen molar-refractivity contribution in [3.05, 3.63) is 89.2 Å². The molecule has 2 heterocycles. The van der Waals surface area contributed by atoms with Gasteiger partial charge in [-0.25, -0.2) is 4.98 Å². The number of amides is 1. The lowest BCUT2D eigenvalue weighted by molar-refractivity contribution is 0.0952. The van der Waals surface area contributed by atoms with E-state index < -0.39 is 0 Å². The van der Waals surface area contributed by atoms with Crippen LogP contribution in [0.1, 0.15) is 15.9 Å². The molecule has 0 unspecified atom stereocenters. The summed E-state index contributed by atoms with van der Waals surface area (Å²) in [6.07, 6.45) is 3.43. The highest BCUT2D eigenvalue weighted by molar-refractivity contribution is 6.31. The minimum absolute atomic E-state index is 0.194. The second-order valence-electron chi connectivity index (χ2n) is 6.49. The molecule has 0 bridgehead atoms. The smallest absolute Gasteiger partial charge is 0.252 e. The van der Waals surface area contributed by atoms with Crippen molar-refractivity contribution in [3.63, 3.8) is 0 Å². The Morgan fingerprint density at radius 1 is 1.10 bits per heavy atom. The molecule has 0 saturated carbocycles. The van der Waals surface area contributed by atoms with Gasteiger partial charge in [-0.1, -0.05) is 23.7 Å². The standard InChI is InChI=1S/C23H18ClN3O2/c1-29-18-7-4-15(5-8-18)13-26-23(28)20-12-22(16-3-2-10-25-14-16)27-21-9-6-17(24)11-19(20)21/h2-12,14H,13H2,1H3,(H,26,28). The molecule has 4 aromatic rings. The second kappa shape index (κ2) is 8.29. The number of carbonyl (C=O) groups excluding carboxylic acids is 1. The maximum Gasteiger partial charge on any atom is 0.252 e. The van der Waals surface area contributed by atoms with Gasteiger partial charge >= 0.3 is 0 Å². The number of rotatable bonds is 5. The summed E-state index contributed by atoms with van der Waals surface area (Å²) < 4.78 is 5.17. The molecule has 144 valence electrons. The Morgan fingerprint density at radius 2 is 1.93 bits per heavy atom. The molecule has 6 heteroatoms. The SMILES string of the molecule is COc1ccc(CNC(=O)c2cc(-c3cccnc3)nc3ccc(Cl)cc23)cc1. The van der Waals surface area contributed by atoms with Gasteiger partial charge in [0.05, 0.1) is 23.9 Å². The summed E-state index contributed by atoms with van der Waals surface area (Å²) in [5.41, 5.74) is 3.72. The van der Waals surface area contributed by atoms with E-state index in [0.717, 1.165) is 16.9 Å². The van der Waals surface area contributed by atoms with Crippen molar-refractivity contribution in [2.75, 3.05) is 7.11 Å². The Morgan fingerprint density at radius 3 is 2.66 bits per heavy atom. The Kier molecular flexibility index (Phi) is 5.40. The van der Waals surface area contributed by atoms with E-state index >= 15 is 0 Å². The van der Waals surface area contributed by atoms with Crippen LogP contribution in [0.2, 0.25) is 5.02 Å². The number of carbonyl (C=O) groups is 1. The number of hydrogen-bond donors (Lipinski definition) is 1. The van der Waals surface area contributed by atoms with Crippen molar-refractivity contribution < 1.29 is 9.53 Å². The largest absolute Gasteiger partial charge is 0.497 e. The molecular formula is C23H18ClN3O2. The third kappa shape index (κ3) is 4.20. The molecule has 0 atom stereocenters. The summed E-state index contributed by atoms with van der Waals surface area (Å²) in [5, 5.41) is 4.24. The zero-order valence-electron chi connectivity index (χ0n) is 15.7. The maximum atomic E-state index is 13.0. The van der Waals surface area contributed by atoms with E-state index in [0.29, 0.717) is 33.7 Å². The fraction of sp³-hybridized carbons (Fsp3) is 0.0870. The molecule has 0 fully saturated rings. The summed E-state index contributed by atoms with van der Waals surface area (Å²) >= 11 is 6.17. The van der Waals surface area contributed by atoms with Crippen molar-refractivity contribution in [2.45, 2.75) is 6.54 Å². The van der Waals surface area contributed by atoms with Crippen LogP contribution in [0, 0.1) is 0 Å². The quantitative estimate of drug-likeness (QED) is 0.515. The molecule has 1 N–H and O–H groups in total. The lowest BCUT2D eigenvalue weighted by Gasteiger charge is -2.11. The van der Waals surface area contributed by atoms with Gasteiger partial charge in [0.15, 0.2) is 0 Å². The van der Waals surface area contributed by atoms with Crippen LogP contribution >= 0.6 is 11.6 Å². The van der Waals surface area contributed by atoms with Crippen LogP contribution in [0.4, 0.5) is 0 Å². The van der Waals surface area contributed by atoms with Gasteiger partial charge in [-0.2, -0.15) is 0 Å². The Balaban J connectivity index is 1.68. The number of nitrogens with one attached hydrogen (secondary N) is 1. The van der Waals surface area contributed by atoms with Crippen LogP contribution < -0.4 is 10.1 Å². The molecule has 1 amide bonds. The lowest BCUT2D eigenvalue weighted by atomic mass is 10.0. The number of nitrogens with zero attached hydrogens (tertiary/aromatic N) is 2. The average molecular weight is 404 g/mol. The number of pyridine rings is 2. The topological polar surface area (TPSA) is 64.1 Å². The van der Waals surface area contributed by atoms with Crippen molar-refractivity contribution in [1.29, 1.82) is 0 Å². The fourth-order valence-electron chi connectivity index (χ4n) is 3.07. The van der Waals surface area contributed by atoms with E-state index in [1.165, 1.54) is 0 Å². The van der Waals surface area contributed by atoms with Crippen LogP contribution in [0.15, 0.2) is 73.1 Å². The molecule has 2 aromatic carbocycles. The molecular weight excluding hydrogens is 386 g/mol. The van der Waals surface area contributed by atoms with Crippen LogP contribution in [-0.4, -0.2) is 23.0 Å². The van der Waals surface area contributed by atoms with Crippen LogP contribution in [-0.2, 0) is 6.54 Å². The molecule has 0 aliphatic heterocycles. The van der Waals surface area contributed by atoms with E-state index in [-0.39, 0.29) is 5.91 Å². The second-order valence-corrected chi connectivity index (χ2v) is 6.93. The van der Waals surface area contributed by atoms with E-state index in [4.69, 9.17) is 16.3 Å². The van der Waals surface area contributed by atoms with Crippen molar-refractivity contribution in [2.24, 2.45) is 0 Å². The number of ether oxygens (including phenoxy) is 1. The van der Waals surface area contributed by atoms with Gasteiger partial charge in [0.1, 0.15) is 5.75 Å². The van der Waals surface area contributed by atoms with Crippen LogP contribution in [0.3, 0.4) is 0 Å². The number of fused-ring (bicyclic) bond motifs is 1. The van der Waals surface area contributed by atoms with Gasteiger partial charge in [0, 0.05) is 34.9 Å². The van der Waals surface area contributed by atoms with Gasteiger partial charge < -0.3 is 10.1 Å². The molecule has 0 aliphatic carbocycles. The van der Waals surface area contributed by atoms with Crippen molar-refractivity contribution >= 4 is 28.4 Å². The maximum absolute atomic E-state index is 13.0.